The summed E-state index contributed by atoms with van der Waals surface area (Å²) in [7, 11) is 0. The summed E-state index contributed by atoms with van der Waals surface area (Å²) in [4.78, 5) is 12.8. The lowest BCUT2D eigenvalue weighted by Crippen LogP contribution is -2.32. The van der Waals surface area contributed by atoms with Crippen molar-refractivity contribution in [2.75, 3.05) is 17.5 Å². The Hall–Kier alpha value is 0. The van der Waals surface area contributed by atoms with E-state index in [-0.39, 0.29) is 11.7 Å². The van der Waals surface area contributed by atoms with Gasteiger partial charge in [0.15, 0.2) is 0 Å². The molecule has 64 valence electrons. The van der Waals surface area contributed by atoms with Crippen molar-refractivity contribution in [3.8, 4) is 0 Å². The molecular formula is C7H12INO2. The van der Waals surface area contributed by atoms with Crippen LogP contribution < -0.4 is 0 Å². The fraction of sp³-hybridized carbons (Fsp3) is 0.857. The lowest BCUT2D eigenvalue weighted by atomic mass is 10.1. The maximum atomic E-state index is 11.1. The highest BCUT2D eigenvalue weighted by Crippen LogP contribution is 2.23. The molecule has 0 radical (unpaired) electrons. The van der Waals surface area contributed by atoms with E-state index in [4.69, 9.17) is 4.74 Å². The third-order valence-electron chi connectivity index (χ3n) is 1.78. The van der Waals surface area contributed by atoms with Gasteiger partial charge in [-0.15, -0.1) is 0 Å². The first-order valence-corrected chi connectivity index (χ1v) is 5.18. The summed E-state index contributed by atoms with van der Waals surface area (Å²) in [6.45, 7) is 5.39. The summed E-state index contributed by atoms with van der Waals surface area (Å²) in [5.41, 5.74) is -0.256. The minimum atomic E-state index is -0.256. The SMILES string of the molecule is CCN1CC(C)(CI)OC1=O. The highest BCUT2D eigenvalue weighted by molar-refractivity contribution is 14.1. The first kappa shape index (κ1) is 9.09. The molecule has 0 bridgehead atoms. The molecular weight excluding hydrogens is 257 g/mol. The molecule has 0 aromatic rings. The van der Waals surface area contributed by atoms with E-state index in [9.17, 15) is 4.79 Å². The highest BCUT2D eigenvalue weighted by atomic mass is 127. The normalized spacial score (nSPS) is 30.8. The number of alkyl halides is 1. The van der Waals surface area contributed by atoms with Gasteiger partial charge in [0.25, 0.3) is 0 Å². The van der Waals surface area contributed by atoms with Crippen molar-refractivity contribution in [2.45, 2.75) is 19.4 Å². The summed E-state index contributed by atoms with van der Waals surface area (Å²) in [5.74, 6) is 0. The van der Waals surface area contributed by atoms with Gasteiger partial charge in [0.1, 0.15) is 5.60 Å². The number of nitrogens with zero attached hydrogens (tertiary/aromatic N) is 1. The zero-order valence-electron chi connectivity index (χ0n) is 6.76. The zero-order valence-corrected chi connectivity index (χ0v) is 8.92. The van der Waals surface area contributed by atoms with Gasteiger partial charge in [-0.1, -0.05) is 22.6 Å². The van der Waals surface area contributed by atoms with E-state index in [1.54, 1.807) is 4.90 Å². The number of halogens is 1. The first-order chi connectivity index (χ1) is 5.11. The Bertz CT molecular complexity index is 174. The van der Waals surface area contributed by atoms with Crippen LogP contribution >= 0.6 is 22.6 Å². The number of carbonyl (C=O) groups is 1. The molecule has 1 rings (SSSR count). The van der Waals surface area contributed by atoms with Gasteiger partial charge < -0.3 is 9.64 Å². The van der Waals surface area contributed by atoms with E-state index >= 15 is 0 Å². The van der Waals surface area contributed by atoms with E-state index in [1.165, 1.54) is 0 Å². The van der Waals surface area contributed by atoms with Crippen molar-refractivity contribution in [1.82, 2.24) is 4.90 Å². The Kier molecular flexibility index (Phi) is 2.61. The third kappa shape index (κ3) is 1.77. The van der Waals surface area contributed by atoms with Crippen LogP contribution in [0.25, 0.3) is 0 Å². The molecule has 1 atom stereocenters. The molecule has 0 saturated carbocycles. The predicted molar refractivity (Wildman–Crippen MR) is 51.0 cm³/mol. The van der Waals surface area contributed by atoms with Crippen LogP contribution in [0.3, 0.4) is 0 Å². The second-order valence-electron chi connectivity index (χ2n) is 2.97. The van der Waals surface area contributed by atoms with Crippen LogP contribution in [0.2, 0.25) is 0 Å². The highest BCUT2D eigenvalue weighted by Gasteiger charge is 2.39. The minimum Gasteiger partial charge on any atom is -0.440 e. The molecule has 1 amide bonds. The van der Waals surface area contributed by atoms with Crippen molar-refractivity contribution in [3.05, 3.63) is 0 Å². The van der Waals surface area contributed by atoms with E-state index in [2.05, 4.69) is 22.6 Å². The van der Waals surface area contributed by atoms with E-state index in [0.29, 0.717) is 0 Å². The lowest BCUT2D eigenvalue weighted by Gasteiger charge is -2.17. The van der Waals surface area contributed by atoms with Gasteiger partial charge >= 0.3 is 6.09 Å². The summed E-state index contributed by atoms with van der Waals surface area (Å²) in [5, 5.41) is 0. The Morgan fingerprint density at radius 3 is 2.73 bits per heavy atom. The van der Waals surface area contributed by atoms with E-state index in [1.807, 2.05) is 13.8 Å². The molecule has 0 N–H and O–H groups in total. The van der Waals surface area contributed by atoms with Crippen LogP contribution in [0.4, 0.5) is 4.79 Å². The largest absolute Gasteiger partial charge is 0.440 e. The molecule has 1 aliphatic heterocycles. The summed E-state index contributed by atoms with van der Waals surface area (Å²) < 4.78 is 6.04. The molecule has 1 saturated heterocycles. The third-order valence-corrected chi connectivity index (χ3v) is 3.40. The van der Waals surface area contributed by atoms with Crippen LogP contribution in [0.1, 0.15) is 13.8 Å². The molecule has 1 fully saturated rings. The molecule has 3 nitrogen and oxygen atoms in total. The molecule has 0 aromatic heterocycles. The van der Waals surface area contributed by atoms with Crippen LogP contribution in [0.5, 0.6) is 0 Å². The number of likely N-dealkylation sites (N-methyl/N-ethyl adjacent to an activating group) is 1. The van der Waals surface area contributed by atoms with Crippen molar-refractivity contribution in [2.24, 2.45) is 0 Å². The fourth-order valence-corrected chi connectivity index (χ4v) is 1.48. The number of cyclic esters (lactones) is 1. The van der Waals surface area contributed by atoms with Gasteiger partial charge in [-0.05, 0) is 13.8 Å². The van der Waals surface area contributed by atoms with E-state index in [0.717, 1.165) is 17.5 Å². The molecule has 4 heteroatoms. The first-order valence-electron chi connectivity index (χ1n) is 3.65. The maximum Gasteiger partial charge on any atom is 0.410 e. The van der Waals surface area contributed by atoms with Crippen molar-refractivity contribution in [3.63, 3.8) is 0 Å². The Morgan fingerprint density at radius 2 is 2.45 bits per heavy atom. The molecule has 1 unspecified atom stereocenters. The molecule has 1 aliphatic rings. The molecule has 11 heavy (non-hydrogen) atoms. The monoisotopic (exact) mass is 269 g/mol. The van der Waals surface area contributed by atoms with Gasteiger partial charge in [-0.2, -0.15) is 0 Å². The van der Waals surface area contributed by atoms with Gasteiger partial charge in [-0.25, -0.2) is 4.79 Å². The Morgan fingerprint density at radius 1 is 1.82 bits per heavy atom. The maximum absolute atomic E-state index is 11.1. The quantitative estimate of drug-likeness (QED) is 0.563. The van der Waals surface area contributed by atoms with Gasteiger partial charge in [0.05, 0.1) is 6.54 Å². The minimum absolute atomic E-state index is 0.174. The van der Waals surface area contributed by atoms with Crippen LogP contribution in [0, 0.1) is 0 Å². The zero-order chi connectivity index (χ0) is 8.48. The molecule has 0 aliphatic carbocycles. The predicted octanol–water partition coefficient (Wildman–Crippen LogP) is 1.65. The smallest absolute Gasteiger partial charge is 0.410 e. The Labute approximate surface area is 80.2 Å². The van der Waals surface area contributed by atoms with Crippen molar-refractivity contribution in [1.29, 1.82) is 0 Å². The average molecular weight is 269 g/mol. The van der Waals surface area contributed by atoms with E-state index < -0.39 is 0 Å². The van der Waals surface area contributed by atoms with Crippen molar-refractivity contribution >= 4 is 28.7 Å². The van der Waals surface area contributed by atoms with Crippen LogP contribution in [-0.4, -0.2) is 34.1 Å². The summed E-state index contributed by atoms with van der Waals surface area (Å²) >= 11 is 2.24. The van der Waals surface area contributed by atoms with Crippen LogP contribution in [-0.2, 0) is 4.74 Å². The van der Waals surface area contributed by atoms with Gasteiger partial charge in [0, 0.05) is 11.0 Å². The van der Waals surface area contributed by atoms with Crippen LogP contribution in [0.15, 0.2) is 0 Å². The fourth-order valence-electron chi connectivity index (χ4n) is 1.09. The standard InChI is InChI=1S/C7H12INO2/c1-3-9-5-7(2,4-8)11-6(9)10/h3-5H2,1-2H3. The second kappa shape index (κ2) is 3.16. The number of carbonyl (C=O) groups excluding carboxylic acids is 1. The number of hydrogen-bond donors (Lipinski definition) is 0. The number of ether oxygens (including phenoxy) is 1. The molecule has 0 aromatic carbocycles. The number of rotatable bonds is 2. The van der Waals surface area contributed by atoms with Gasteiger partial charge in [0.2, 0.25) is 0 Å². The molecule has 0 spiro atoms. The topological polar surface area (TPSA) is 29.5 Å². The second-order valence-corrected chi connectivity index (χ2v) is 3.73. The number of hydrogen-bond acceptors (Lipinski definition) is 2. The molecule has 1 heterocycles. The Balaban J connectivity index is 2.62. The van der Waals surface area contributed by atoms with Crippen molar-refractivity contribution < 1.29 is 9.53 Å². The lowest BCUT2D eigenvalue weighted by molar-refractivity contribution is 0.0912. The average Bonchev–Trinajstić information content (AvgIpc) is 2.27. The summed E-state index contributed by atoms with van der Waals surface area (Å²) in [6, 6.07) is 0. The number of amides is 1. The van der Waals surface area contributed by atoms with Gasteiger partial charge in [-0.3, -0.25) is 0 Å². The summed E-state index contributed by atoms with van der Waals surface area (Å²) in [6.07, 6.45) is -0.174.